The number of hydrogen-bond donors (Lipinski definition) is 3. The number of fused-ring (bicyclic) bond motifs is 1. The van der Waals surface area contributed by atoms with Gasteiger partial charge in [-0.15, -0.1) is 23.1 Å². The number of hydrogen-bond acceptors (Lipinski definition) is 9. The van der Waals surface area contributed by atoms with E-state index in [0.29, 0.717) is 10.6 Å². The number of halogens is 1. The first-order chi connectivity index (χ1) is 17.9. The van der Waals surface area contributed by atoms with Crippen LogP contribution in [0.25, 0.3) is 0 Å². The third-order valence-electron chi connectivity index (χ3n) is 5.72. The van der Waals surface area contributed by atoms with Gasteiger partial charge in [0.25, 0.3) is 11.8 Å². The first kappa shape index (κ1) is 27.2. The van der Waals surface area contributed by atoms with Gasteiger partial charge in [-0.05, 0) is 20.8 Å². The van der Waals surface area contributed by atoms with Crippen molar-refractivity contribution in [1.29, 1.82) is 0 Å². The van der Waals surface area contributed by atoms with Gasteiger partial charge in [-0.1, -0.05) is 5.16 Å². The number of thioether (sulfide) groups is 1. The van der Waals surface area contributed by atoms with Crippen molar-refractivity contribution in [3.8, 4) is 0 Å². The van der Waals surface area contributed by atoms with Gasteiger partial charge in [0.1, 0.15) is 28.6 Å². The van der Waals surface area contributed by atoms with Crippen molar-refractivity contribution in [2.24, 2.45) is 5.16 Å². The van der Waals surface area contributed by atoms with Crippen molar-refractivity contribution in [2.75, 3.05) is 5.75 Å². The van der Waals surface area contributed by atoms with E-state index in [1.165, 1.54) is 61.5 Å². The molecule has 0 spiro atoms. The first-order valence-electron chi connectivity index (χ1n) is 11.2. The maximum atomic E-state index is 13.2. The van der Waals surface area contributed by atoms with Gasteiger partial charge in [0.15, 0.2) is 24.7 Å². The number of thiazole rings is 1. The van der Waals surface area contributed by atoms with Crippen LogP contribution in [-0.2, 0) is 30.6 Å². The molecule has 2 aromatic rings. The molecule has 2 atom stereocenters. The number of carboxylic acid groups (broad SMARTS) is 2. The number of β-lactam (4-membered cyclic amide) rings is 1. The predicted octanol–water partition coefficient (Wildman–Crippen LogP) is 0.901. The number of carboxylic acids is 2. The molecular weight excluding hydrogens is 541 g/mol. The number of aliphatic carboxylic acids is 2. The standard InChI is InChI=1S/C23H22FN5O7S2/c1-11-25-14(10-37-11)15(27-36-23(2,3)22(34)35)18(30)26-16-19(31)29-17(21(32)33)12(9-38-20(16)29)8-28-6-4-13(24)5-7-28/h4-7,10,16,20H,8-9H2,1-3H3,(H2-,26,30,32,33,34,35)/p+1/b27-15+/t16-,20-/m1/s1. The van der Waals surface area contributed by atoms with Gasteiger partial charge in [0.05, 0.1) is 5.01 Å². The van der Waals surface area contributed by atoms with Gasteiger partial charge < -0.3 is 20.4 Å². The van der Waals surface area contributed by atoms with Gasteiger partial charge in [-0.3, -0.25) is 14.5 Å². The van der Waals surface area contributed by atoms with Crippen molar-refractivity contribution >= 4 is 52.6 Å². The number of nitrogens with one attached hydrogen (secondary N) is 1. The van der Waals surface area contributed by atoms with Crippen molar-refractivity contribution in [2.45, 2.75) is 44.3 Å². The second-order valence-electron chi connectivity index (χ2n) is 8.91. The van der Waals surface area contributed by atoms with E-state index in [9.17, 15) is 33.8 Å². The molecule has 0 aliphatic carbocycles. The number of carbonyl (C=O) groups excluding carboxylic acids is 2. The maximum absolute atomic E-state index is 13.2. The molecule has 2 aliphatic rings. The largest absolute Gasteiger partial charge is 0.478 e. The third-order valence-corrected chi connectivity index (χ3v) is 7.83. The lowest BCUT2D eigenvalue weighted by molar-refractivity contribution is -0.689. The molecule has 2 aliphatic heterocycles. The predicted molar refractivity (Wildman–Crippen MR) is 132 cm³/mol. The number of rotatable bonds is 9. The third kappa shape index (κ3) is 5.38. The Hall–Kier alpha value is -3.85. The van der Waals surface area contributed by atoms with Crippen molar-refractivity contribution in [3.05, 3.63) is 57.7 Å². The van der Waals surface area contributed by atoms with E-state index in [0.717, 1.165) is 4.90 Å². The normalized spacial score (nSPS) is 19.5. The zero-order chi connectivity index (χ0) is 27.8. The highest BCUT2D eigenvalue weighted by Gasteiger charge is 2.55. The summed E-state index contributed by atoms with van der Waals surface area (Å²) in [7, 11) is 0. The summed E-state index contributed by atoms with van der Waals surface area (Å²) in [6.07, 6.45) is 2.93. The molecule has 15 heteroatoms. The number of aromatic nitrogens is 2. The fourth-order valence-electron chi connectivity index (χ4n) is 3.65. The number of carbonyl (C=O) groups is 4. The minimum atomic E-state index is -1.74. The molecule has 2 aromatic heterocycles. The molecule has 200 valence electrons. The van der Waals surface area contributed by atoms with Crippen molar-refractivity contribution < 1.29 is 43.2 Å². The Morgan fingerprint density at radius 2 is 2.00 bits per heavy atom. The Morgan fingerprint density at radius 1 is 1.32 bits per heavy atom. The zero-order valence-corrected chi connectivity index (χ0v) is 22.0. The molecule has 4 heterocycles. The van der Waals surface area contributed by atoms with E-state index in [1.807, 2.05) is 0 Å². The van der Waals surface area contributed by atoms with Gasteiger partial charge in [-0.2, -0.15) is 0 Å². The van der Waals surface area contributed by atoms with E-state index in [4.69, 9.17) is 4.84 Å². The molecular formula is C23H23FN5O7S2+. The Balaban J connectivity index is 1.55. The zero-order valence-electron chi connectivity index (χ0n) is 20.4. The lowest BCUT2D eigenvalue weighted by atomic mass is 10.0. The molecule has 1 fully saturated rings. The summed E-state index contributed by atoms with van der Waals surface area (Å²) in [4.78, 5) is 60.1. The summed E-state index contributed by atoms with van der Waals surface area (Å²) in [6.45, 7) is 4.36. The van der Waals surface area contributed by atoms with Crippen LogP contribution in [0.3, 0.4) is 0 Å². The summed E-state index contributed by atoms with van der Waals surface area (Å²) in [5.74, 6) is -4.23. The Labute approximate surface area is 223 Å². The molecule has 0 unspecified atom stereocenters. The number of pyridine rings is 1. The molecule has 12 nitrogen and oxygen atoms in total. The summed E-state index contributed by atoms with van der Waals surface area (Å²) < 4.78 is 14.8. The summed E-state index contributed by atoms with van der Waals surface area (Å²) in [6, 6.07) is 1.42. The SMILES string of the molecule is Cc1nc(/C(=N\OC(C)(C)C(=O)O)C(=O)N[C@@H]2C(=O)N3C(C(=O)O)=C(C[n+]4ccc(F)cc4)CS[C@H]23)cs1. The highest BCUT2D eigenvalue weighted by atomic mass is 32.2. The maximum Gasteiger partial charge on any atom is 0.352 e. The molecule has 2 amide bonds. The highest BCUT2D eigenvalue weighted by Crippen LogP contribution is 2.40. The van der Waals surface area contributed by atoms with E-state index in [-0.39, 0.29) is 29.4 Å². The average molecular weight is 565 g/mol. The van der Waals surface area contributed by atoms with Crippen LogP contribution in [0.5, 0.6) is 0 Å². The van der Waals surface area contributed by atoms with Crippen LogP contribution in [0, 0.1) is 12.7 Å². The van der Waals surface area contributed by atoms with Crippen LogP contribution >= 0.6 is 23.1 Å². The lowest BCUT2D eigenvalue weighted by Gasteiger charge is -2.49. The van der Waals surface area contributed by atoms with Crippen molar-refractivity contribution in [3.63, 3.8) is 0 Å². The van der Waals surface area contributed by atoms with Crippen LogP contribution in [0.15, 0.2) is 46.3 Å². The fraction of sp³-hybridized carbons (Fsp3) is 0.348. The summed E-state index contributed by atoms with van der Waals surface area (Å²) in [5.41, 5.74) is -1.65. The van der Waals surface area contributed by atoms with Gasteiger partial charge in [0, 0.05) is 28.8 Å². The Morgan fingerprint density at radius 3 is 2.58 bits per heavy atom. The molecule has 4 rings (SSSR count). The van der Waals surface area contributed by atoms with Crippen LogP contribution in [0.4, 0.5) is 4.39 Å². The van der Waals surface area contributed by atoms with Crippen LogP contribution in [0.2, 0.25) is 0 Å². The Bertz CT molecular complexity index is 1370. The fourth-order valence-corrected chi connectivity index (χ4v) is 5.59. The van der Waals surface area contributed by atoms with Crippen molar-refractivity contribution in [1.82, 2.24) is 15.2 Å². The number of nitrogens with zero attached hydrogens (tertiary/aromatic N) is 4. The second kappa shape index (κ2) is 10.5. The van der Waals surface area contributed by atoms with Crippen LogP contribution in [0.1, 0.15) is 24.5 Å². The topological polar surface area (TPSA) is 162 Å². The van der Waals surface area contributed by atoms with E-state index in [1.54, 1.807) is 16.9 Å². The molecule has 0 saturated carbocycles. The molecule has 1 saturated heterocycles. The second-order valence-corrected chi connectivity index (χ2v) is 11.1. The Kier molecular flexibility index (Phi) is 7.51. The first-order valence-corrected chi connectivity index (χ1v) is 13.1. The van der Waals surface area contributed by atoms with E-state index >= 15 is 0 Å². The smallest absolute Gasteiger partial charge is 0.352 e. The number of amides is 2. The minimum absolute atomic E-state index is 0.135. The van der Waals surface area contributed by atoms with Crippen LogP contribution in [-0.4, -0.2) is 72.3 Å². The summed E-state index contributed by atoms with van der Waals surface area (Å²) in [5, 5.41) is 26.9. The van der Waals surface area contributed by atoms with Gasteiger partial charge >= 0.3 is 11.9 Å². The summed E-state index contributed by atoms with van der Waals surface area (Å²) >= 11 is 2.51. The highest BCUT2D eigenvalue weighted by molar-refractivity contribution is 8.00. The molecule has 0 aromatic carbocycles. The molecule has 0 radical (unpaired) electrons. The molecule has 0 bridgehead atoms. The molecule has 3 N–H and O–H groups in total. The average Bonchev–Trinajstić information content (AvgIpc) is 3.29. The number of oxime groups is 1. The van der Waals surface area contributed by atoms with Gasteiger partial charge in [-0.25, -0.2) is 23.5 Å². The lowest BCUT2D eigenvalue weighted by Crippen LogP contribution is -2.71. The van der Waals surface area contributed by atoms with E-state index in [2.05, 4.69) is 15.5 Å². The molecule has 38 heavy (non-hydrogen) atoms. The quantitative estimate of drug-likeness (QED) is 0.174. The van der Waals surface area contributed by atoms with Gasteiger partial charge in [0.2, 0.25) is 5.60 Å². The van der Waals surface area contributed by atoms with Crippen LogP contribution < -0.4 is 9.88 Å². The van der Waals surface area contributed by atoms with E-state index < -0.39 is 46.6 Å². The monoisotopic (exact) mass is 564 g/mol. The minimum Gasteiger partial charge on any atom is -0.478 e. The number of aryl methyl sites for hydroxylation is 1.